The summed E-state index contributed by atoms with van der Waals surface area (Å²) in [4.78, 5) is 11.7. The Hall–Kier alpha value is -1.66. The van der Waals surface area contributed by atoms with E-state index >= 15 is 0 Å². The Labute approximate surface area is 123 Å². The lowest BCUT2D eigenvalue weighted by molar-refractivity contribution is -0.124. The summed E-state index contributed by atoms with van der Waals surface area (Å²) < 4.78 is 24.1. The summed E-state index contributed by atoms with van der Waals surface area (Å²) in [6.07, 6.45) is 0.817. The molecule has 0 unspecified atom stereocenters. The third-order valence-corrected chi connectivity index (χ3v) is 3.38. The highest BCUT2D eigenvalue weighted by molar-refractivity contribution is 5.77. The van der Waals surface area contributed by atoms with Gasteiger partial charge in [0.25, 0.3) is 5.91 Å². The van der Waals surface area contributed by atoms with Crippen LogP contribution < -0.4 is 10.1 Å². The maximum atomic E-state index is 13.7. The fourth-order valence-corrected chi connectivity index (χ4v) is 2.15. The van der Waals surface area contributed by atoms with Gasteiger partial charge in [0.2, 0.25) is 0 Å². The van der Waals surface area contributed by atoms with Crippen molar-refractivity contribution in [2.75, 3.05) is 19.8 Å². The quantitative estimate of drug-likeness (QED) is 0.865. The largest absolute Gasteiger partial charge is 0.481 e. The zero-order valence-electron chi connectivity index (χ0n) is 12.0. The van der Waals surface area contributed by atoms with Gasteiger partial charge in [-0.25, -0.2) is 4.39 Å². The third kappa shape index (κ3) is 4.68. The van der Waals surface area contributed by atoms with Gasteiger partial charge < -0.3 is 19.9 Å². The molecule has 0 aliphatic carbocycles. The molecule has 1 aliphatic rings. The van der Waals surface area contributed by atoms with Crippen molar-refractivity contribution in [3.8, 4) is 5.75 Å². The molecular formula is C15H20FNO4. The molecule has 1 fully saturated rings. The summed E-state index contributed by atoms with van der Waals surface area (Å²) >= 11 is 0. The van der Waals surface area contributed by atoms with E-state index in [4.69, 9.17) is 9.47 Å². The van der Waals surface area contributed by atoms with Crippen LogP contribution in [-0.2, 0) is 9.53 Å². The van der Waals surface area contributed by atoms with Gasteiger partial charge in [-0.3, -0.25) is 4.79 Å². The van der Waals surface area contributed by atoms with E-state index < -0.39 is 11.9 Å². The number of hydrogen-bond donors (Lipinski definition) is 2. The second-order valence-electron chi connectivity index (χ2n) is 5.11. The molecule has 21 heavy (non-hydrogen) atoms. The number of benzene rings is 1. The van der Waals surface area contributed by atoms with Gasteiger partial charge >= 0.3 is 0 Å². The molecule has 2 N–H and O–H groups in total. The zero-order chi connectivity index (χ0) is 15.2. The van der Waals surface area contributed by atoms with E-state index in [2.05, 4.69) is 5.32 Å². The topological polar surface area (TPSA) is 67.8 Å². The van der Waals surface area contributed by atoms with E-state index in [1.807, 2.05) is 0 Å². The Morgan fingerprint density at radius 2 is 2.24 bits per heavy atom. The molecule has 6 heteroatoms. The van der Waals surface area contributed by atoms with Crippen LogP contribution in [0.3, 0.4) is 0 Å². The van der Waals surface area contributed by atoms with Crippen molar-refractivity contribution in [3.63, 3.8) is 0 Å². The van der Waals surface area contributed by atoms with Crippen molar-refractivity contribution >= 4 is 5.91 Å². The van der Waals surface area contributed by atoms with Crippen molar-refractivity contribution < 1.29 is 23.8 Å². The first-order valence-electron chi connectivity index (χ1n) is 7.03. The first-order valence-corrected chi connectivity index (χ1v) is 7.03. The lowest BCUT2D eigenvalue weighted by Gasteiger charge is -2.23. The molecule has 0 spiro atoms. The molecule has 0 saturated carbocycles. The number of hydrogen-bond acceptors (Lipinski definition) is 4. The van der Waals surface area contributed by atoms with Gasteiger partial charge in [-0.2, -0.15) is 0 Å². The molecule has 0 radical (unpaired) electrons. The minimum absolute atomic E-state index is 0.00141. The Bertz CT molecular complexity index is 487. The molecule has 0 bridgehead atoms. The van der Waals surface area contributed by atoms with Gasteiger partial charge in [0.05, 0.1) is 6.10 Å². The normalized spacial score (nSPS) is 17.3. The summed E-state index contributed by atoms with van der Waals surface area (Å²) in [5.74, 6) is -0.866. The highest BCUT2D eigenvalue weighted by Crippen LogP contribution is 2.21. The Morgan fingerprint density at radius 1 is 1.52 bits per heavy atom. The standard InChI is InChI=1S/C15H20FNO4/c1-10(18)11-2-3-14(13(16)8-11)21-9-15(19)17-12-4-6-20-7-5-12/h2-3,8,10,12,18H,4-7,9H2,1H3,(H,17,19)/t10-/m1/s1. The maximum absolute atomic E-state index is 13.7. The highest BCUT2D eigenvalue weighted by Gasteiger charge is 2.16. The van der Waals surface area contributed by atoms with Crippen molar-refractivity contribution in [1.29, 1.82) is 0 Å². The second-order valence-corrected chi connectivity index (χ2v) is 5.11. The van der Waals surface area contributed by atoms with Gasteiger partial charge in [-0.05, 0) is 37.5 Å². The molecule has 0 aromatic heterocycles. The number of carbonyl (C=O) groups is 1. The minimum Gasteiger partial charge on any atom is -0.481 e. The summed E-state index contributed by atoms with van der Waals surface area (Å²) in [6.45, 7) is 2.60. The molecule has 1 aromatic rings. The number of carbonyl (C=O) groups excluding carboxylic acids is 1. The maximum Gasteiger partial charge on any atom is 0.258 e. The van der Waals surface area contributed by atoms with Crippen LogP contribution in [0.4, 0.5) is 4.39 Å². The molecule has 2 rings (SSSR count). The van der Waals surface area contributed by atoms with E-state index in [-0.39, 0.29) is 24.3 Å². The van der Waals surface area contributed by atoms with Crippen molar-refractivity contribution in [3.05, 3.63) is 29.6 Å². The summed E-state index contributed by atoms with van der Waals surface area (Å²) in [5.41, 5.74) is 0.464. The van der Waals surface area contributed by atoms with Crippen LogP contribution in [0.5, 0.6) is 5.75 Å². The van der Waals surface area contributed by atoms with E-state index in [1.54, 1.807) is 13.0 Å². The molecular weight excluding hydrogens is 277 g/mol. The highest BCUT2D eigenvalue weighted by atomic mass is 19.1. The summed E-state index contributed by atoms with van der Waals surface area (Å²) in [5, 5.41) is 12.2. The Kier molecular flexibility index (Phi) is 5.52. The molecule has 1 heterocycles. The average molecular weight is 297 g/mol. The van der Waals surface area contributed by atoms with Gasteiger partial charge in [0, 0.05) is 19.3 Å². The van der Waals surface area contributed by atoms with Crippen molar-refractivity contribution in [2.45, 2.75) is 31.9 Å². The summed E-state index contributed by atoms with van der Waals surface area (Å²) in [6, 6.07) is 4.28. The number of aliphatic hydroxyl groups is 1. The molecule has 1 atom stereocenters. The van der Waals surface area contributed by atoms with Crippen LogP contribution in [0.15, 0.2) is 18.2 Å². The van der Waals surface area contributed by atoms with Crippen LogP contribution in [0, 0.1) is 5.82 Å². The fraction of sp³-hybridized carbons (Fsp3) is 0.533. The van der Waals surface area contributed by atoms with Crippen LogP contribution >= 0.6 is 0 Å². The smallest absolute Gasteiger partial charge is 0.258 e. The second kappa shape index (κ2) is 7.38. The number of aliphatic hydroxyl groups excluding tert-OH is 1. The van der Waals surface area contributed by atoms with Gasteiger partial charge in [0.1, 0.15) is 0 Å². The number of amides is 1. The van der Waals surface area contributed by atoms with Crippen molar-refractivity contribution in [2.24, 2.45) is 0 Å². The molecule has 1 aromatic carbocycles. The van der Waals surface area contributed by atoms with E-state index in [0.29, 0.717) is 18.8 Å². The average Bonchev–Trinajstić information content (AvgIpc) is 2.47. The number of nitrogens with one attached hydrogen (secondary N) is 1. The van der Waals surface area contributed by atoms with Crippen LogP contribution in [-0.4, -0.2) is 36.9 Å². The summed E-state index contributed by atoms with van der Waals surface area (Å²) in [7, 11) is 0. The lowest BCUT2D eigenvalue weighted by atomic mass is 10.1. The number of rotatable bonds is 5. The van der Waals surface area contributed by atoms with Gasteiger partial charge in [-0.15, -0.1) is 0 Å². The molecule has 116 valence electrons. The third-order valence-electron chi connectivity index (χ3n) is 3.38. The molecule has 1 saturated heterocycles. The van der Waals surface area contributed by atoms with Gasteiger partial charge in [-0.1, -0.05) is 6.07 Å². The number of ether oxygens (including phenoxy) is 2. The molecule has 5 nitrogen and oxygen atoms in total. The fourth-order valence-electron chi connectivity index (χ4n) is 2.15. The zero-order valence-corrected chi connectivity index (χ0v) is 12.0. The first-order chi connectivity index (χ1) is 10.1. The predicted molar refractivity (Wildman–Crippen MR) is 74.5 cm³/mol. The molecule has 1 amide bonds. The van der Waals surface area contributed by atoms with Crippen LogP contribution in [0.25, 0.3) is 0 Å². The minimum atomic E-state index is -0.745. The SMILES string of the molecule is C[C@@H](O)c1ccc(OCC(=O)NC2CCOCC2)c(F)c1. The Balaban J connectivity index is 1.83. The predicted octanol–water partition coefficient (Wildman–Crippen LogP) is 1.55. The van der Waals surface area contributed by atoms with E-state index in [0.717, 1.165) is 12.8 Å². The first kappa shape index (κ1) is 15.7. The lowest BCUT2D eigenvalue weighted by Crippen LogP contribution is -2.41. The van der Waals surface area contributed by atoms with Crippen LogP contribution in [0.2, 0.25) is 0 Å². The van der Waals surface area contributed by atoms with Gasteiger partial charge in [0.15, 0.2) is 18.2 Å². The molecule has 1 aliphatic heterocycles. The Morgan fingerprint density at radius 3 is 2.86 bits per heavy atom. The number of halogens is 1. The van der Waals surface area contributed by atoms with Crippen LogP contribution in [0.1, 0.15) is 31.4 Å². The van der Waals surface area contributed by atoms with E-state index in [1.165, 1.54) is 12.1 Å². The monoisotopic (exact) mass is 297 g/mol. The van der Waals surface area contributed by atoms with Crippen molar-refractivity contribution in [1.82, 2.24) is 5.32 Å². The van der Waals surface area contributed by atoms with E-state index in [9.17, 15) is 14.3 Å².